The highest BCUT2D eigenvalue weighted by Crippen LogP contribution is 2.37. The minimum atomic E-state index is -0.612. The van der Waals surface area contributed by atoms with Gasteiger partial charge in [0.05, 0.1) is 5.41 Å². The third-order valence-electron chi connectivity index (χ3n) is 3.01. The summed E-state index contributed by atoms with van der Waals surface area (Å²) in [4.78, 5) is 16.9. The molecule has 0 radical (unpaired) electrons. The normalized spacial score (nSPS) is 11.4. The van der Waals surface area contributed by atoms with Crippen LogP contribution in [0.4, 0.5) is 5.00 Å². The van der Waals surface area contributed by atoms with Crippen LogP contribution in [0, 0.1) is 5.41 Å². The van der Waals surface area contributed by atoms with Crippen molar-refractivity contribution in [2.24, 2.45) is 5.41 Å². The van der Waals surface area contributed by atoms with Gasteiger partial charge < -0.3 is 5.32 Å². The van der Waals surface area contributed by atoms with Crippen LogP contribution in [0.5, 0.6) is 0 Å². The lowest BCUT2D eigenvalue weighted by Gasteiger charge is -2.19. The molecular weight excluding hydrogens is 324 g/mol. The standard InChI is InChI=1S/C15H17ClN2OS2/c1-15(2,9-16)13(19)18-12-11(17-14(20-3)21-12)10-7-5-4-6-8-10/h4-8H,9H2,1-3H3,(H,18,19). The van der Waals surface area contributed by atoms with Crippen molar-refractivity contribution in [1.29, 1.82) is 0 Å². The van der Waals surface area contributed by atoms with Gasteiger partial charge in [0.1, 0.15) is 10.7 Å². The van der Waals surface area contributed by atoms with Gasteiger partial charge in [0.25, 0.3) is 0 Å². The van der Waals surface area contributed by atoms with Crippen LogP contribution in [0.25, 0.3) is 11.3 Å². The van der Waals surface area contributed by atoms with E-state index in [0.29, 0.717) is 0 Å². The summed E-state index contributed by atoms with van der Waals surface area (Å²) in [7, 11) is 0. The molecule has 1 heterocycles. The Bertz CT molecular complexity index is 626. The molecule has 2 aromatic rings. The second kappa shape index (κ2) is 6.81. The number of thiazole rings is 1. The summed E-state index contributed by atoms with van der Waals surface area (Å²) in [5, 5.41) is 3.75. The third-order valence-corrected chi connectivity index (χ3v) is 5.63. The van der Waals surface area contributed by atoms with E-state index in [4.69, 9.17) is 11.6 Å². The number of aromatic nitrogens is 1. The first kappa shape index (κ1) is 16.3. The highest BCUT2D eigenvalue weighted by Gasteiger charge is 2.28. The van der Waals surface area contributed by atoms with Gasteiger partial charge in [0.2, 0.25) is 5.91 Å². The molecule has 0 aliphatic heterocycles. The third kappa shape index (κ3) is 3.78. The summed E-state index contributed by atoms with van der Waals surface area (Å²) >= 11 is 8.92. The van der Waals surface area contributed by atoms with Crippen molar-refractivity contribution >= 4 is 45.6 Å². The van der Waals surface area contributed by atoms with Crippen molar-refractivity contribution in [1.82, 2.24) is 4.98 Å². The summed E-state index contributed by atoms with van der Waals surface area (Å²) in [5.41, 5.74) is 1.19. The highest BCUT2D eigenvalue weighted by molar-refractivity contribution is 8.00. The lowest BCUT2D eigenvalue weighted by molar-refractivity contribution is -0.122. The van der Waals surface area contributed by atoms with Crippen LogP contribution < -0.4 is 5.32 Å². The molecule has 6 heteroatoms. The number of halogens is 1. The zero-order valence-corrected chi connectivity index (χ0v) is 14.5. The number of hydrogen-bond acceptors (Lipinski definition) is 4. The largest absolute Gasteiger partial charge is 0.315 e. The number of benzene rings is 1. The fourth-order valence-corrected chi connectivity index (χ4v) is 3.20. The molecule has 0 unspecified atom stereocenters. The molecule has 0 aliphatic carbocycles. The van der Waals surface area contributed by atoms with Gasteiger partial charge in [-0.15, -0.1) is 11.6 Å². The lowest BCUT2D eigenvalue weighted by atomic mass is 9.95. The van der Waals surface area contributed by atoms with Crippen LogP contribution in [0.15, 0.2) is 34.7 Å². The molecule has 1 N–H and O–H groups in total. The number of anilines is 1. The molecule has 2 rings (SSSR count). The van der Waals surface area contributed by atoms with E-state index in [2.05, 4.69) is 10.3 Å². The summed E-state index contributed by atoms with van der Waals surface area (Å²) in [6.45, 7) is 3.65. The fourth-order valence-electron chi connectivity index (χ4n) is 1.60. The van der Waals surface area contributed by atoms with E-state index < -0.39 is 5.41 Å². The Kier molecular flexibility index (Phi) is 5.30. The van der Waals surface area contributed by atoms with E-state index in [1.54, 1.807) is 11.8 Å². The Morgan fingerprint density at radius 2 is 2.05 bits per heavy atom. The van der Waals surface area contributed by atoms with Gasteiger partial charge in [0, 0.05) is 11.4 Å². The number of hydrogen-bond donors (Lipinski definition) is 1. The molecule has 1 amide bonds. The fraction of sp³-hybridized carbons (Fsp3) is 0.333. The molecule has 0 bridgehead atoms. The molecule has 0 saturated carbocycles. The maximum absolute atomic E-state index is 12.3. The Balaban J connectivity index is 2.36. The van der Waals surface area contributed by atoms with Gasteiger partial charge in [-0.1, -0.05) is 53.4 Å². The van der Waals surface area contributed by atoms with Crippen LogP contribution >= 0.6 is 34.7 Å². The molecule has 0 saturated heterocycles. The quantitative estimate of drug-likeness (QED) is 0.631. The van der Waals surface area contributed by atoms with E-state index in [9.17, 15) is 4.79 Å². The van der Waals surface area contributed by atoms with E-state index in [-0.39, 0.29) is 11.8 Å². The Morgan fingerprint density at radius 3 is 2.62 bits per heavy atom. The molecule has 0 atom stereocenters. The van der Waals surface area contributed by atoms with Crippen LogP contribution in [0.3, 0.4) is 0 Å². The summed E-state index contributed by atoms with van der Waals surface area (Å²) < 4.78 is 0.924. The van der Waals surface area contributed by atoms with Crippen molar-refractivity contribution < 1.29 is 4.79 Å². The van der Waals surface area contributed by atoms with Gasteiger partial charge in [0.15, 0.2) is 4.34 Å². The van der Waals surface area contributed by atoms with Gasteiger partial charge >= 0.3 is 0 Å². The number of nitrogens with one attached hydrogen (secondary N) is 1. The second-order valence-corrected chi connectivity index (χ2v) is 7.52. The Hall–Kier alpha value is -1.04. The molecule has 0 fully saturated rings. The van der Waals surface area contributed by atoms with Gasteiger partial charge in [-0.2, -0.15) is 0 Å². The highest BCUT2D eigenvalue weighted by atomic mass is 35.5. The van der Waals surface area contributed by atoms with E-state index >= 15 is 0 Å². The number of carbonyl (C=O) groups is 1. The topological polar surface area (TPSA) is 42.0 Å². The van der Waals surface area contributed by atoms with Crippen molar-refractivity contribution in [2.75, 3.05) is 17.5 Å². The smallest absolute Gasteiger partial charge is 0.231 e. The second-order valence-electron chi connectivity index (χ2n) is 5.20. The molecule has 21 heavy (non-hydrogen) atoms. The average molecular weight is 341 g/mol. The molecule has 112 valence electrons. The zero-order chi connectivity index (χ0) is 15.5. The van der Waals surface area contributed by atoms with Crippen molar-refractivity contribution in [3.63, 3.8) is 0 Å². The van der Waals surface area contributed by atoms with Crippen molar-refractivity contribution in [3.05, 3.63) is 30.3 Å². The number of nitrogens with zero attached hydrogens (tertiary/aromatic N) is 1. The molecule has 1 aromatic carbocycles. The van der Waals surface area contributed by atoms with Crippen molar-refractivity contribution in [3.8, 4) is 11.3 Å². The number of rotatable bonds is 5. The molecular formula is C15H17ClN2OS2. The number of amides is 1. The maximum Gasteiger partial charge on any atom is 0.231 e. The van der Waals surface area contributed by atoms with Crippen LogP contribution in [-0.4, -0.2) is 23.0 Å². The van der Waals surface area contributed by atoms with E-state index in [1.165, 1.54) is 11.3 Å². The zero-order valence-electron chi connectivity index (χ0n) is 12.1. The van der Waals surface area contributed by atoms with Gasteiger partial charge in [-0.25, -0.2) is 4.98 Å². The molecule has 0 spiro atoms. The van der Waals surface area contributed by atoms with E-state index in [1.807, 2.05) is 50.4 Å². The number of alkyl halides is 1. The predicted octanol–water partition coefficient (Wildman–Crippen LogP) is 4.74. The first-order valence-electron chi connectivity index (χ1n) is 6.45. The summed E-state index contributed by atoms with van der Waals surface area (Å²) in [6.07, 6.45) is 1.97. The molecule has 0 aliphatic rings. The number of carbonyl (C=O) groups excluding carboxylic acids is 1. The monoisotopic (exact) mass is 340 g/mol. The minimum Gasteiger partial charge on any atom is -0.315 e. The minimum absolute atomic E-state index is 0.0917. The van der Waals surface area contributed by atoms with Crippen LogP contribution in [0.2, 0.25) is 0 Å². The Labute approximate surface area is 138 Å². The molecule has 3 nitrogen and oxygen atoms in total. The molecule has 1 aromatic heterocycles. The summed E-state index contributed by atoms with van der Waals surface area (Å²) in [6, 6.07) is 9.85. The van der Waals surface area contributed by atoms with Crippen LogP contribution in [-0.2, 0) is 4.79 Å². The van der Waals surface area contributed by atoms with Crippen molar-refractivity contribution in [2.45, 2.75) is 18.2 Å². The average Bonchev–Trinajstić information content (AvgIpc) is 2.91. The number of thioether (sulfide) groups is 1. The van der Waals surface area contributed by atoms with Crippen LogP contribution in [0.1, 0.15) is 13.8 Å². The first-order chi connectivity index (χ1) is 9.97. The maximum atomic E-state index is 12.3. The Morgan fingerprint density at radius 1 is 1.38 bits per heavy atom. The van der Waals surface area contributed by atoms with E-state index in [0.717, 1.165) is 20.6 Å². The lowest BCUT2D eigenvalue weighted by Crippen LogP contribution is -2.32. The summed E-state index contributed by atoms with van der Waals surface area (Å²) in [5.74, 6) is 0.180. The van der Waals surface area contributed by atoms with Gasteiger partial charge in [-0.05, 0) is 20.1 Å². The first-order valence-corrected chi connectivity index (χ1v) is 9.03. The SMILES string of the molecule is CSc1nc(-c2ccccc2)c(NC(=O)C(C)(C)CCl)s1. The predicted molar refractivity (Wildman–Crippen MR) is 92.5 cm³/mol. The van der Waals surface area contributed by atoms with Gasteiger partial charge in [-0.3, -0.25) is 4.79 Å².